The second kappa shape index (κ2) is 7.40. The molecule has 3 aromatic rings. The molecular weight excluding hydrogens is 368 g/mol. The van der Waals surface area contributed by atoms with Crippen LogP contribution in [0.5, 0.6) is 0 Å². The van der Waals surface area contributed by atoms with Crippen molar-refractivity contribution in [1.82, 2.24) is 34.8 Å². The summed E-state index contributed by atoms with van der Waals surface area (Å²) in [4.78, 5) is 25.7. The van der Waals surface area contributed by atoms with Gasteiger partial charge in [-0.3, -0.25) is 14.1 Å². The van der Waals surface area contributed by atoms with Crippen molar-refractivity contribution in [3.05, 3.63) is 48.2 Å². The van der Waals surface area contributed by atoms with E-state index in [0.717, 1.165) is 37.1 Å². The highest BCUT2D eigenvalue weighted by Crippen LogP contribution is 2.28. The molecule has 0 aromatic carbocycles. The van der Waals surface area contributed by atoms with Crippen LogP contribution < -0.4 is 10.2 Å². The average Bonchev–Trinajstić information content (AvgIpc) is 3.50. The molecule has 1 saturated carbocycles. The molecule has 1 saturated heterocycles. The minimum atomic E-state index is -0.0465. The molecule has 2 aliphatic rings. The van der Waals surface area contributed by atoms with Crippen LogP contribution in [0.2, 0.25) is 0 Å². The minimum Gasteiger partial charge on any atom is -0.352 e. The summed E-state index contributed by atoms with van der Waals surface area (Å²) in [5.74, 6) is 2.14. The van der Waals surface area contributed by atoms with Crippen LogP contribution in [-0.2, 0) is 0 Å². The SMILES string of the molecule is CN1CCN(c2ncccn2)CC1c1nnc2ccc(C(=O)NCC3CC3)cn12. The number of carbonyl (C=O) groups excluding carboxylic acids is 1. The zero-order chi connectivity index (χ0) is 19.8. The van der Waals surface area contributed by atoms with Gasteiger partial charge in [0.25, 0.3) is 5.91 Å². The number of fused-ring (bicyclic) bond motifs is 1. The van der Waals surface area contributed by atoms with Gasteiger partial charge in [-0.05, 0) is 44.0 Å². The summed E-state index contributed by atoms with van der Waals surface area (Å²) in [6, 6.07) is 5.50. The number of amides is 1. The average molecular weight is 392 g/mol. The molecule has 1 aliphatic carbocycles. The Kier molecular flexibility index (Phi) is 4.59. The van der Waals surface area contributed by atoms with Gasteiger partial charge in [-0.15, -0.1) is 10.2 Å². The Hall–Kier alpha value is -3.07. The van der Waals surface area contributed by atoms with Crippen molar-refractivity contribution in [3.63, 3.8) is 0 Å². The highest BCUT2D eigenvalue weighted by Gasteiger charge is 2.30. The molecule has 1 aliphatic heterocycles. The van der Waals surface area contributed by atoms with Crippen LogP contribution in [0.1, 0.15) is 35.1 Å². The standard InChI is InChI=1S/C20H24N8O/c1-26-9-10-27(20-21-7-2-8-22-20)13-16(26)18-25-24-17-6-5-15(12-28(17)18)19(29)23-11-14-3-4-14/h2,5-8,12,14,16H,3-4,9-11,13H2,1H3,(H,23,29). The lowest BCUT2D eigenvalue weighted by Crippen LogP contribution is -2.47. The lowest BCUT2D eigenvalue weighted by molar-refractivity contribution is 0.0951. The van der Waals surface area contributed by atoms with Crippen molar-refractivity contribution in [2.45, 2.75) is 18.9 Å². The molecule has 5 rings (SSSR count). The van der Waals surface area contributed by atoms with Crippen molar-refractivity contribution in [1.29, 1.82) is 0 Å². The van der Waals surface area contributed by atoms with Crippen LogP contribution in [0.15, 0.2) is 36.8 Å². The summed E-state index contributed by atoms with van der Waals surface area (Å²) in [6.07, 6.45) is 7.79. The van der Waals surface area contributed by atoms with Gasteiger partial charge >= 0.3 is 0 Å². The molecular formula is C20H24N8O. The number of hydrogen-bond acceptors (Lipinski definition) is 7. The number of hydrogen-bond donors (Lipinski definition) is 1. The fraction of sp³-hybridized carbons (Fsp3) is 0.450. The molecule has 3 aromatic heterocycles. The Morgan fingerprint density at radius 1 is 1.17 bits per heavy atom. The summed E-state index contributed by atoms with van der Waals surface area (Å²) < 4.78 is 1.93. The lowest BCUT2D eigenvalue weighted by atomic mass is 10.1. The summed E-state index contributed by atoms with van der Waals surface area (Å²) in [7, 11) is 2.08. The maximum atomic E-state index is 12.5. The number of nitrogens with zero attached hydrogens (tertiary/aromatic N) is 7. The zero-order valence-corrected chi connectivity index (χ0v) is 16.4. The predicted molar refractivity (Wildman–Crippen MR) is 108 cm³/mol. The summed E-state index contributed by atoms with van der Waals surface area (Å²) >= 11 is 0. The Balaban J connectivity index is 1.42. The fourth-order valence-corrected chi connectivity index (χ4v) is 3.72. The molecule has 1 unspecified atom stereocenters. The van der Waals surface area contributed by atoms with Crippen molar-refractivity contribution in [2.75, 3.05) is 38.1 Å². The number of nitrogens with one attached hydrogen (secondary N) is 1. The van der Waals surface area contributed by atoms with E-state index in [1.807, 2.05) is 28.8 Å². The number of likely N-dealkylation sites (N-methyl/N-ethyl adjacent to an activating group) is 1. The van der Waals surface area contributed by atoms with Crippen molar-refractivity contribution < 1.29 is 4.79 Å². The summed E-state index contributed by atoms with van der Waals surface area (Å²) in [5, 5.41) is 11.8. The Morgan fingerprint density at radius 2 is 2.00 bits per heavy atom. The van der Waals surface area contributed by atoms with Gasteiger partial charge in [-0.2, -0.15) is 0 Å². The van der Waals surface area contributed by atoms with Crippen LogP contribution in [0, 0.1) is 5.92 Å². The molecule has 1 atom stereocenters. The third kappa shape index (κ3) is 3.65. The van der Waals surface area contributed by atoms with E-state index < -0.39 is 0 Å². The first kappa shape index (κ1) is 18.0. The van der Waals surface area contributed by atoms with Crippen molar-refractivity contribution >= 4 is 17.5 Å². The molecule has 1 N–H and O–H groups in total. The van der Waals surface area contributed by atoms with Gasteiger partial charge in [0.05, 0.1) is 11.6 Å². The highest BCUT2D eigenvalue weighted by atomic mass is 16.1. The van der Waals surface area contributed by atoms with Crippen molar-refractivity contribution in [2.24, 2.45) is 5.92 Å². The second-order valence-corrected chi connectivity index (χ2v) is 7.85. The molecule has 1 amide bonds. The van der Waals surface area contributed by atoms with E-state index in [-0.39, 0.29) is 11.9 Å². The number of rotatable bonds is 5. The summed E-state index contributed by atoms with van der Waals surface area (Å²) in [5.41, 5.74) is 1.36. The van der Waals surface area contributed by atoms with Crippen LogP contribution in [0.4, 0.5) is 5.95 Å². The Labute approximate surface area is 168 Å². The van der Waals surface area contributed by atoms with E-state index in [1.54, 1.807) is 12.4 Å². The Bertz CT molecular complexity index is 1020. The van der Waals surface area contributed by atoms with Gasteiger partial charge in [-0.1, -0.05) is 0 Å². The summed E-state index contributed by atoms with van der Waals surface area (Å²) in [6.45, 7) is 3.17. The topological polar surface area (TPSA) is 91.6 Å². The molecule has 9 nitrogen and oxygen atoms in total. The normalized spacial score (nSPS) is 20.2. The maximum absolute atomic E-state index is 12.5. The van der Waals surface area contributed by atoms with E-state index in [1.165, 1.54) is 12.8 Å². The van der Waals surface area contributed by atoms with Gasteiger partial charge in [0.2, 0.25) is 5.95 Å². The van der Waals surface area contributed by atoms with Crippen LogP contribution in [-0.4, -0.2) is 68.6 Å². The van der Waals surface area contributed by atoms with Gasteiger partial charge in [0.1, 0.15) is 0 Å². The lowest BCUT2D eigenvalue weighted by Gasteiger charge is -2.38. The quantitative estimate of drug-likeness (QED) is 0.696. The third-order valence-electron chi connectivity index (χ3n) is 5.72. The van der Waals surface area contributed by atoms with Gasteiger partial charge < -0.3 is 10.2 Å². The van der Waals surface area contributed by atoms with E-state index in [4.69, 9.17) is 0 Å². The molecule has 4 heterocycles. The van der Waals surface area contributed by atoms with Gasteiger partial charge in [0.15, 0.2) is 11.5 Å². The molecule has 0 radical (unpaired) electrons. The number of pyridine rings is 1. The number of aromatic nitrogens is 5. The van der Waals surface area contributed by atoms with Gasteiger partial charge in [0, 0.05) is 44.8 Å². The van der Waals surface area contributed by atoms with Crippen LogP contribution in [0.3, 0.4) is 0 Å². The second-order valence-electron chi connectivity index (χ2n) is 7.85. The van der Waals surface area contributed by atoms with Crippen molar-refractivity contribution in [3.8, 4) is 0 Å². The molecule has 150 valence electrons. The van der Waals surface area contributed by atoms with Crippen LogP contribution >= 0.6 is 0 Å². The predicted octanol–water partition coefficient (Wildman–Crippen LogP) is 1.15. The minimum absolute atomic E-state index is 0.0207. The largest absolute Gasteiger partial charge is 0.352 e. The number of carbonyl (C=O) groups is 1. The molecule has 2 fully saturated rings. The van der Waals surface area contributed by atoms with E-state index >= 15 is 0 Å². The molecule has 29 heavy (non-hydrogen) atoms. The number of anilines is 1. The molecule has 0 bridgehead atoms. The van der Waals surface area contributed by atoms with E-state index in [0.29, 0.717) is 18.0 Å². The molecule has 0 spiro atoms. The first-order valence-corrected chi connectivity index (χ1v) is 10.0. The Morgan fingerprint density at radius 3 is 2.79 bits per heavy atom. The van der Waals surface area contributed by atoms with Gasteiger partial charge in [-0.25, -0.2) is 9.97 Å². The highest BCUT2D eigenvalue weighted by molar-refractivity contribution is 5.94. The van der Waals surface area contributed by atoms with E-state index in [9.17, 15) is 4.79 Å². The zero-order valence-electron chi connectivity index (χ0n) is 16.4. The first-order chi connectivity index (χ1) is 14.2. The third-order valence-corrected chi connectivity index (χ3v) is 5.72. The van der Waals surface area contributed by atoms with Crippen LogP contribution in [0.25, 0.3) is 5.65 Å². The monoisotopic (exact) mass is 392 g/mol. The first-order valence-electron chi connectivity index (χ1n) is 10.0. The fourth-order valence-electron chi connectivity index (χ4n) is 3.72. The maximum Gasteiger partial charge on any atom is 0.252 e. The molecule has 9 heteroatoms. The van der Waals surface area contributed by atoms with E-state index in [2.05, 4.69) is 42.3 Å². The number of piperazine rings is 1. The smallest absolute Gasteiger partial charge is 0.252 e.